The molecule has 0 aromatic carbocycles. The Morgan fingerprint density at radius 1 is 1.00 bits per heavy atom. The van der Waals surface area contributed by atoms with Gasteiger partial charge in [0.25, 0.3) is 0 Å². The summed E-state index contributed by atoms with van der Waals surface area (Å²) in [6, 6.07) is 0. The highest BCUT2D eigenvalue weighted by atomic mass is 15.2. The third-order valence-corrected chi connectivity index (χ3v) is 3.97. The van der Waals surface area contributed by atoms with Crippen molar-refractivity contribution in [3.8, 4) is 0 Å². The Kier molecular flexibility index (Phi) is 3.55. The van der Waals surface area contributed by atoms with E-state index in [0.29, 0.717) is 11.0 Å². The standard InChI is InChI=1S/C14H29N/c1-11-10-15(14(5,6)7)9-8-12(11)13(2,3)4/h11-12H,8-10H2,1-7H3. The van der Waals surface area contributed by atoms with Crippen LogP contribution in [0.2, 0.25) is 0 Å². The predicted molar refractivity (Wildman–Crippen MR) is 68.1 cm³/mol. The normalized spacial score (nSPS) is 30.6. The smallest absolute Gasteiger partial charge is 0.0125 e. The van der Waals surface area contributed by atoms with E-state index in [1.807, 2.05) is 0 Å². The van der Waals surface area contributed by atoms with Crippen molar-refractivity contribution in [3.63, 3.8) is 0 Å². The van der Waals surface area contributed by atoms with Crippen LogP contribution >= 0.6 is 0 Å². The largest absolute Gasteiger partial charge is 0.298 e. The Morgan fingerprint density at radius 3 is 1.87 bits per heavy atom. The molecular weight excluding hydrogens is 182 g/mol. The second kappa shape index (κ2) is 4.08. The summed E-state index contributed by atoms with van der Waals surface area (Å²) in [5.41, 5.74) is 0.820. The SMILES string of the molecule is CC1CN(C(C)(C)C)CCC1C(C)(C)C. The zero-order valence-corrected chi connectivity index (χ0v) is 11.7. The van der Waals surface area contributed by atoms with E-state index < -0.39 is 0 Å². The number of hydrogen-bond donors (Lipinski definition) is 0. The zero-order valence-electron chi connectivity index (χ0n) is 11.7. The van der Waals surface area contributed by atoms with Crippen molar-refractivity contribution >= 4 is 0 Å². The maximum absolute atomic E-state index is 2.64. The second-order valence-corrected chi connectivity index (χ2v) is 7.36. The zero-order chi connectivity index (χ0) is 11.9. The number of piperidine rings is 1. The average molecular weight is 211 g/mol. The lowest BCUT2D eigenvalue weighted by atomic mass is 9.69. The quantitative estimate of drug-likeness (QED) is 0.589. The van der Waals surface area contributed by atoms with Gasteiger partial charge in [0.2, 0.25) is 0 Å². The van der Waals surface area contributed by atoms with Gasteiger partial charge in [0.1, 0.15) is 0 Å². The molecule has 0 aromatic heterocycles. The fourth-order valence-electron chi connectivity index (χ4n) is 3.04. The average Bonchev–Trinajstić information content (AvgIpc) is 1.99. The molecule has 15 heavy (non-hydrogen) atoms. The summed E-state index contributed by atoms with van der Waals surface area (Å²) in [5, 5.41) is 0. The third-order valence-electron chi connectivity index (χ3n) is 3.97. The van der Waals surface area contributed by atoms with Crippen LogP contribution in [0.4, 0.5) is 0 Å². The number of rotatable bonds is 0. The first-order valence-electron chi connectivity index (χ1n) is 6.37. The highest BCUT2D eigenvalue weighted by molar-refractivity contribution is 4.89. The Labute approximate surface area is 96.2 Å². The van der Waals surface area contributed by atoms with Gasteiger partial charge in [-0.1, -0.05) is 27.7 Å². The van der Waals surface area contributed by atoms with Gasteiger partial charge >= 0.3 is 0 Å². The number of likely N-dealkylation sites (tertiary alicyclic amines) is 1. The minimum atomic E-state index is 0.344. The Bertz CT molecular complexity index is 206. The number of nitrogens with zero attached hydrogens (tertiary/aromatic N) is 1. The molecule has 1 rings (SSSR count). The van der Waals surface area contributed by atoms with Gasteiger partial charge in [0.05, 0.1) is 0 Å². The van der Waals surface area contributed by atoms with Crippen molar-refractivity contribution in [3.05, 3.63) is 0 Å². The molecule has 1 fully saturated rings. The molecule has 1 nitrogen and oxygen atoms in total. The molecule has 0 radical (unpaired) electrons. The van der Waals surface area contributed by atoms with Crippen LogP contribution in [0.3, 0.4) is 0 Å². The molecule has 0 bridgehead atoms. The second-order valence-electron chi connectivity index (χ2n) is 7.36. The number of hydrogen-bond acceptors (Lipinski definition) is 1. The van der Waals surface area contributed by atoms with Crippen LogP contribution in [0.5, 0.6) is 0 Å². The van der Waals surface area contributed by atoms with Crippen molar-refractivity contribution in [2.45, 2.75) is 60.4 Å². The first-order chi connectivity index (χ1) is 6.62. The molecule has 90 valence electrons. The van der Waals surface area contributed by atoms with Crippen molar-refractivity contribution < 1.29 is 0 Å². The monoisotopic (exact) mass is 211 g/mol. The molecule has 0 saturated carbocycles. The van der Waals surface area contributed by atoms with Gasteiger partial charge in [-0.3, -0.25) is 4.90 Å². The topological polar surface area (TPSA) is 3.24 Å². The Hall–Kier alpha value is -0.0400. The fraction of sp³-hybridized carbons (Fsp3) is 1.00. The van der Waals surface area contributed by atoms with Crippen molar-refractivity contribution in [2.24, 2.45) is 17.3 Å². The van der Waals surface area contributed by atoms with Crippen LogP contribution in [0.15, 0.2) is 0 Å². The lowest BCUT2D eigenvalue weighted by Gasteiger charge is -2.47. The van der Waals surface area contributed by atoms with Gasteiger partial charge in [-0.2, -0.15) is 0 Å². The summed E-state index contributed by atoms with van der Waals surface area (Å²) in [4.78, 5) is 2.64. The molecule has 2 unspecified atom stereocenters. The van der Waals surface area contributed by atoms with Gasteiger partial charge in [0, 0.05) is 12.1 Å². The maximum Gasteiger partial charge on any atom is 0.0125 e. The van der Waals surface area contributed by atoms with E-state index in [9.17, 15) is 0 Å². The molecule has 1 aliphatic heterocycles. The van der Waals surface area contributed by atoms with Gasteiger partial charge < -0.3 is 0 Å². The van der Waals surface area contributed by atoms with Crippen molar-refractivity contribution in [2.75, 3.05) is 13.1 Å². The molecular formula is C14H29N. The summed E-state index contributed by atoms with van der Waals surface area (Å²) >= 11 is 0. The van der Waals surface area contributed by atoms with Crippen LogP contribution in [0, 0.1) is 17.3 Å². The molecule has 1 aliphatic rings. The molecule has 0 amide bonds. The predicted octanol–water partition coefficient (Wildman–Crippen LogP) is 3.79. The molecule has 0 spiro atoms. The highest BCUT2D eigenvalue weighted by Gasteiger charge is 2.36. The minimum Gasteiger partial charge on any atom is -0.298 e. The molecule has 0 aliphatic carbocycles. The first-order valence-corrected chi connectivity index (χ1v) is 6.37. The maximum atomic E-state index is 2.64. The first kappa shape index (κ1) is 13.0. The van der Waals surface area contributed by atoms with Gasteiger partial charge in [0.15, 0.2) is 0 Å². The van der Waals surface area contributed by atoms with E-state index in [1.54, 1.807) is 0 Å². The van der Waals surface area contributed by atoms with Crippen LogP contribution in [0.25, 0.3) is 0 Å². The summed E-state index contributed by atoms with van der Waals surface area (Å²) in [6.07, 6.45) is 1.36. The molecule has 0 N–H and O–H groups in total. The van der Waals surface area contributed by atoms with E-state index in [4.69, 9.17) is 0 Å². The molecule has 2 atom stereocenters. The Morgan fingerprint density at radius 2 is 1.53 bits per heavy atom. The van der Waals surface area contributed by atoms with Crippen molar-refractivity contribution in [1.82, 2.24) is 4.90 Å². The van der Waals surface area contributed by atoms with Gasteiger partial charge in [-0.25, -0.2) is 0 Å². The van der Waals surface area contributed by atoms with E-state index in [2.05, 4.69) is 53.4 Å². The van der Waals surface area contributed by atoms with Gasteiger partial charge in [-0.05, 0) is 51.0 Å². The third kappa shape index (κ3) is 3.21. The van der Waals surface area contributed by atoms with E-state index >= 15 is 0 Å². The van der Waals surface area contributed by atoms with E-state index in [1.165, 1.54) is 19.5 Å². The highest BCUT2D eigenvalue weighted by Crippen LogP contribution is 2.39. The van der Waals surface area contributed by atoms with E-state index in [0.717, 1.165) is 11.8 Å². The summed E-state index contributed by atoms with van der Waals surface area (Å²) < 4.78 is 0. The summed E-state index contributed by atoms with van der Waals surface area (Å²) in [7, 11) is 0. The molecule has 1 heteroatoms. The van der Waals surface area contributed by atoms with Gasteiger partial charge in [-0.15, -0.1) is 0 Å². The van der Waals surface area contributed by atoms with Crippen LogP contribution in [0.1, 0.15) is 54.9 Å². The molecule has 1 heterocycles. The van der Waals surface area contributed by atoms with Crippen molar-refractivity contribution in [1.29, 1.82) is 0 Å². The fourth-order valence-corrected chi connectivity index (χ4v) is 3.04. The van der Waals surface area contributed by atoms with Crippen LogP contribution < -0.4 is 0 Å². The summed E-state index contributed by atoms with van der Waals surface area (Å²) in [6.45, 7) is 19.1. The lowest BCUT2D eigenvalue weighted by Crippen LogP contribution is -2.51. The molecule has 0 aromatic rings. The van der Waals surface area contributed by atoms with Crippen LogP contribution in [-0.4, -0.2) is 23.5 Å². The minimum absolute atomic E-state index is 0.344. The Balaban J connectivity index is 2.64. The summed E-state index contributed by atoms with van der Waals surface area (Å²) in [5.74, 6) is 1.72. The van der Waals surface area contributed by atoms with Crippen LogP contribution in [-0.2, 0) is 0 Å². The van der Waals surface area contributed by atoms with E-state index in [-0.39, 0.29) is 0 Å². The molecule has 1 saturated heterocycles. The lowest BCUT2D eigenvalue weighted by molar-refractivity contribution is 0.0136.